The zero-order valence-corrected chi connectivity index (χ0v) is 9.37. The summed E-state index contributed by atoms with van der Waals surface area (Å²) >= 11 is 0. The van der Waals surface area contributed by atoms with Crippen molar-refractivity contribution in [2.24, 2.45) is 5.92 Å². The molecule has 0 unspecified atom stereocenters. The van der Waals surface area contributed by atoms with Crippen molar-refractivity contribution in [1.82, 2.24) is 0 Å². The molecule has 1 aliphatic rings. The fourth-order valence-corrected chi connectivity index (χ4v) is 1.98. The SMILES string of the molecule is Cc1ccc(NC[C@H]2CC=CCC2)cc1. The van der Waals surface area contributed by atoms with Crippen LogP contribution >= 0.6 is 0 Å². The molecule has 1 aliphatic carbocycles. The maximum absolute atomic E-state index is 3.51. The topological polar surface area (TPSA) is 12.0 Å². The van der Waals surface area contributed by atoms with Crippen LogP contribution < -0.4 is 5.32 Å². The van der Waals surface area contributed by atoms with Crippen molar-refractivity contribution in [3.63, 3.8) is 0 Å². The number of nitrogens with one attached hydrogen (secondary N) is 1. The van der Waals surface area contributed by atoms with Crippen LogP contribution in [-0.2, 0) is 0 Å². The molecular weight excluding hydrogens is 182 g/mol. The summed E-state index contributed by atoms with van der Waals surface area (Å²) in [6.07, 6.45) is 8.42. The van der Waals surface area contributed by atoms with E-state index in [1.165, 1.54) is 30.5 Å². The maximum Gasteiger partial charge on any atom is 0.0340 e. The molecule has 1 heteroatoms. The minimum atomic E-state index is 0.816. The van der Waals surface area contributed by atoms with Crippen LogP contribution in [0.2, 0.25) is 0 Å². The highest BCUT2D eigenvalue weighted by Gasteiger charge is 2.08. The summed E-state index contributed by atoms with van der Waals surface area (Å²) in [5.74, 6) is 0.816. The van der Waals surface area contributed by atoms with Crippen molar-refractivity contribution in [3.05, 3.63) is 42.0 Å². The second-order valence-electron chi connectivity index (χ2n) is 4.40. The van der Waals surface area contributed by atoms with Crippen LogP contribution in [0.15, 0.2) is 36.4 Å². The molecular formula is C14H19N. The lowest BCUT2D eigenvalue weighted by atomic mass is 9.94. The summed E-state index contributed by atoms with van der Waals surface area (Å²) < 4.78 is 0. The second kappa shape index (κ2) is 5.01. The van der Waals surface area contributed by atoms with Gasteiger partial charge in [0.05, 0.1) is 0 Å². The number of benzene rings is 1. The third kappa shape index (κ3) is 3.12. The number of aryl methyl sites for hydroxylation is 1. The van der Waals surface area contributed by atoms with Gasteiger partial charge in [0.15, 0.2) is 0 Å². The number of allylic oxidation sites excluding steroid dienone is 2. The van der Waals surface area contributed by atoms with E-state index in [0.717, 1.165) is 12.5 Å². The van der Waals surface area contributed by atoms with Crippen LogP contribution in [0.25, 0.3) is 0 Å². The van der Waals surface area contributed by atoms with E-state index in [1.807, 2.05) is 0 Å². The first-order valence-corrected chi connectivity index (χ1v) is 5.80. The molecule has 0 aliphatic heterocycles. The highest BCUT2D eigenvalue weighted by molar-refractivity contribution is 5.44. The van der Waals surface area contributed by atoms with Crippen molar-refractivity contribution in [1.29, 1.82) is 0 Å². The van der Waals surface area contributed by atoms with Crippen LogP contribution in [0.3, 0.4) is 0 Å². The summed E-state index contributed by atoms with van der Waals surface area (Å²) in [5.41, 5.74) is 2.57. The molecule has 1 nitrogen and oxygen atoms in total. The first-order chi connectivity index (χ1) is 7.34. The Hall–Kier alpha value is -1.24. The smallest absolute Gasteiger partial charge is 0.0340 e. The Kier molecular flexibility index (Phi) is 3.44. The van der Waals surface area contributed by atoms with E-state index >= 15 is 0 Å². The quantitative estimate of drug-likeness (QED) is 0.734. The number of hydrogen-bond acceptors (Lipinski definition) is 1. The van der Waals surface area contributed by atoms with Gasteiger partial charge >= 0.3 is 0 Å². The van der Waals surface area contributed by atoms with Crippen molar-refractivity contribution in [2.45, 2.75) is 26.2 Å². The molecule has 1 aromatic carbocycles. The number of hydrogen-bond donors (Lipinski definition) is 1. The average Bonchev–Trinajstić information content (AvgIpc) is 2.30. The Morgan fingerprint density at radius 1 is 1.20 bits per heavy atom. The zero-order valence-electron chi connectivity index (χ0n) is 9.37. The molecule has 0 aromatic heterocycles. The molecule has 0 radical (unpaired) electrons. The summed E-state index contributed by atoms with van der Waals surface area (Å²) in [6.45, 7) is 3.23. The fraction of sp³-hybridized carbons (Fsp3) is 0.429. The van der Waals surface area contributed by atoms with E-state index in [4.69, 9.17) is 0 Å². The van der Waals surface area contributed by atoms with E-state index in [2.05, 4.69) is 48.7 Å². The molecule has 1 N–H and O–H groups in total. The van der Waals surface area contributed by atoms with Gasteiger partial charge < -0.3 is 5.32 Å². The van der Waals surface area contributed by atoms with Gasteiger partial charge in [-0.1, -0.05) is 29.8 Å². The molecule has 0 saturated heterocycles. The third-order valence-electron chi connectivity index (χ3n) is 3.02. The summed E-state index contributed by atoms with van der Waals surface area (Å²) in [6, 6.07) is 8.63. The van der Waals surface area contributed by atoms with Gasteiger partial charge in [0.2, 0.25) is 0 Å². The van der Waals surface area contributed by atoms with Crippen LogP contribution in [0, 0.1) is 12.8 Å². The lowest BCUT2D eigenvalue weighted by molar-refractivity contribution is 0.504. The van der Waals surface area contributed by atoms with Crippen molar-refractivity contribution in [3.8, 4) is 0 Å². The van der Waals surface area contributed by atoms with Gasteiger partial charge in [0.25, 0.3) is 0 Å². The normalized spacial score (nSPS) is 20.2. The van der Waals surface area contributed by atoms with Gasteiger partial charge in [-0.25, -0.2) is 0 Å². The minimum absolute atomic E-state index is 0.816. The largest absolute Gasteiger partial charge is 0.385 e. The van der Waals surface area contributed by atoms with Crippen LogP contribution in [0.5, 0.6) is 0 Å². The van der Waals surface area contributed by atoms with Gasteiger partial charge in [-0.15, -0.1) is 0 Å². The first-order valence-electron chi connectivity index (χ1n) is 5.80. The predicted molar refractivity (Wildman–Crippen MR) is 66.1 cm³/mol. The molecule has 80 valence electrons. The van der Waals surface area contributed by atoms with E-state index < -0.39 is 0 Å². The highest BCUT2D eigenvalue weighted by atomic mass is 14.9. The van der Waals surface area contributed by atoms with Gasteiger partial charge in [-0.05, 0) is 44.2 Å². The van der Waals surface area contributed by atoms with Crippen molar-refractivity contribution >= 4 is 5.69 Å². The van der Waals surface area contributed by atoms with Crippen LogP contribution in [-0.4, -0.2) is 6.54 Å². The molecule has 0 saturated carbocycles. The van der Waals surface area contributed by atoms with Gasteiger partial charge in [0, 0.05) is 12.2 Å². The maximum atomic E-state index is 3.51. The van der Waals surface area contributed by atoms with Crippen molar-refractivity contribution < 1.29 is 0 Å². The summed E-state index contributed by atoms with van der Waals surface area (Å²) in [5, 5.41) is 3.51. The van der Waals surface area contributed by atoms with Gasteiger partial charge in [-0.3, -0.25) is 0 Å². The van der Waals surface area contributed by atoms with Crippen LogP contribution in [0.1, 0.15) is 24.8 Å². The zero-order chi connectivity index (χ0) is 10.5. The molecule has 0 fully saturated rings. The lowest BCUT2D eigenvalue weighted by Crippen LogP contribution is -2.15. The average molecular weight is 201 g/mol. The molecule has 1 aromatic rings. The van der Waals surface area contributed by atoms with Gasteiger partial charge in [0.1, 0.15) is 0 Å². The standard InChI is InChI=1S/C14H19N/c1-12-7-9-14(10-8-12)15-11-13-5-3-2-4-6-13/h2-3,7-10,13,15H,4-6,11H2,1H3/t13-/m0/s1. The molecule has 15 heavy (non-hydrogen) atoms. The third-order valence-corrected chi connectivity index (χ3v) is 3.02. The Labute approximate surface area is 92.2 Å². The van der Waals surface area contributed by atoms with E-state index in [-0.39, 0.29) is 0 Å². The monoisotopic (exact) mass is 201 g/mol. The highest BCUT2D eigenvalue weighted by Crippen LogP contribution is 2.19. The first kappa shape index (κ1) is 10.3. The Morgan fingerprint density at radius 2 is 2.00 bits per heavy atom. The molecule has 1 atom stereocenters. The molecule has 0 amide bonds. The molecule has 0 spiro atoms. The van der Waals surface area contributed by atoms with E-state index in [9.17, 15) is 0 Å². The van der Waals surface area contributed by atoms with E-state index in [1.54, 1.807) is 0 Å². The Balaban J connectivity index is 1.82. The summed E-state index contributed by atoms with van der Waals surface area (Å²) in [7, 11) is 0. The van der Waals surface area contributed by atoms with Crippen LogP contribution in [0.4, 0.5) is 5.69 Å². The second-order valence-corrected chi connectivity index (χ2v) is 4.40. The number of rotatable bonds is 3. The fourth-order valence-electron chi connectivity index (χ4n) is 1.98. The molecule has 0 heterocycles. The molecule has 0 bridgehead atoms. The molecule has 2 rings (SSSR count). The minimum Gasteiger partial charge on any atom is -0.385 e. The predicted octanol–water partition coefficient (Wildman–Crippen LogP) is 3.76. The lowest BCUT2D eigenvalue weighted by Gasteiger charge is -2.18. The Bertz CT molecular complexity index is 324. The number of anilines is 1. The summed E-state index contributed by atoms with van der Waals surface area (Å²) in [4.78, 5) is 0. The Morgan fingerprint density at radius 3 is 2.67 bits per heavy atom. The van der Waals surface area contributed by atoms with Gasteiger partial charge in [-0.2, -0.15) is 0 Å². The van der Waals surface area contributed by atoms with E-state index in [0.29, 0.717) is 0 Å². The van der Waals surface area contributed by atoms with Crippen molar-refractivity contribution in [2.75, 3.05) is 11.9 Å².